The molecule has 0 aliphatic rings. The minimum absolute atomic E-state index is 0. The van der Waals surface area contributed by atoms with Crippen molar-refractivity contribution in [2.45, 2.75) is 12.5 Å². The second-order valence-electron chi connectivity index (χ2n) is 3.23. The van der Waals surface area contributed by atoms with Crippen molar-refractivity contribution >= 4 is 12.4 Å². The van der Waals surface area contributed by atoms with E-state index < -0.39 is 6.67 Å². The van der Waals surface area contributed by atoms with Gasteiger partial charge in [0, 0.05) is 12.1 Å². The molecule has 0 aliphatic heterocycles. The highest BCUT2D eigenvalue weighted by Gasteiger charge is 2.09. The van der Waals surface area contributed by atoms with Crippen LogP contribution in [0.25, 0.3) is 0 Å². The van der Waals surface area contributed by atoms with Gasteiger partial charge < -0.3 is 15.2 Å². The van der Waals surface area contributed by atoms with Crippen molar-refractivity contribution in [2.24, 2.45) is 5.73 Å². The summed E-state index contributed by atoms with van der Waals surface area (Å²) in [4.78, 5) is 0. The van der Waals surface area contributed by atoms with E-state index >= 15 is 0 Å². The van der Waals surface area contributed by atoms with Gasteiger partial charge in [-0.15, -0.1) is 12.4 Å². The Labute approximate surface area is 101 Å². The zero-order chi connectivity index (χ0) is 11.3. The maximum Gasteiger partial charge on any atom is 0.122 e. The standard InChI is InChI=1S/C11H16FNO2.ClH/c1-14-9-5-8(11(13)3-4-12)6-10(7-9)15-2;/h5-7,11H,3-4,13H2,1-2H3;1H/t11-;/m0./s1. The number of hydrogen-bond donors (Lipinski definition) is 1. The number of alkyl halides is 1. The van der Waals surface area contributed by atoms with Gasteiger partial charge in [0.1, 0.15) is 11.5 Å². The maximum absolute atomic E-state index is 12.2. The molecule has 0 saturated carbocycles. The van der Waals surface area contributed by atoms with E-state index in [9.17, 15) is 4.39 Å². The lowest BCUT2D eigenvalue weighted by Gasteiger charge is -2.13. The van der Waals surface area contributed by atoms with Gasteiger partial charge in [0.25, 0.3) is 0 Å². The van der Waals surface area contributed by atoms with Crippen LogP contribution in [0.15, 0.2) is 18.2 Å². The topological polar surface area (TPSA) is 44.5 Å². The molecule has 0 bridgehead atoms. The second-order valence-corrected chi connectivity index (χ2v) is 3.23. The molecule has 0 aliphatic carbocycles. The lowest BCUT2D eigenvalue weighted by Crippen LogP contribution is -2.11. The number of hydrogen-bond acceptors (Lipinski definition) is 3. The summed E-state index contributed by atoms with van der Waals surface area (Å²) in [5.74, 6) is 1.33. The third-order valence-electron chi connectivity index (χ3n) is 2.22. The number of nitrogens with two attached hydrogens (primary N) is 1. The summed E-state index contributed by atoms with van der Waals surface area (Å²) < 4.78 is 22.3. The number of methoxy groups -OCH3 is 2. The third-order valence-corrected chi connectivity index (χ3v) is 2.22. The summed E-state index contributed by atoms with van der Waals surface area (Å²) in [6.07, 6.45) is 0.302. The summed E-state index contributed by atoms with van der Waals surface area (Å²) in [5.41, 5.74) is 6.62. The van der Waals surface area contributed by atoms with Gasteiger partial charge in [-0.05, 0) is 24.1 Å². The third kappa shape index (κ3) is 3.87. The zero-order valence-corrected chi connectivity index (χ0v) is 10.2. The van der Waals surface area contributed by atoms with Crippen LogP contribution in [-0.2, 0) is 0 Å². The molecule has 1 atom stereocenters. The molecule has 0 spiro atoms. The minimum atomic E-state index is -0.430. The molecule has 3 nitrogen and oxygen atoms in total. The first kappa shape index (κ1) is 15.0. The molecule has 0 aromatic heterocycles. The highest BCUT2D eigenvalue weighted by Crippen LogP contribution is 2.26. The summed E-state index contributed by atoms with van der Waals surface area (Å²) in [7, 11) is 3.14. The van der Waals surface area contributed by atoms with E-state index in [2.05, 4.69) is 0 Å². The first-order valence-electron chi connectivity index (χ1n) is 4.75. The first-order valence-corrected chi connectivity index (χ1v) is 4.75. The van der Waals surface area contributed by atoms with Crippen LogP contribution in [0.2, 0.25) is 0 Å². The summed E-state index contributed by atoms with van der Waals surface area (Å²) in [5, 5.41) is 0. The molecule has 0 saturated heterocycles. The van der Waals surface area contributed by atoms with Crippen LogP contribution in [0.1, 0.15) is 18.0 Å². The molecule has 92 valence electrons. The number of rotatable bonds is 5. The molecule has 1 aromatic rings. The highest BCUT2D eigenvalue weighted by molar-refractivity contribution is 5.85. The van der Waals surface area contributed by atoms with E-state index in [4.69, 9.17) is 15.2 Å². The molecular weight excluding hydrogens is 233 g/mol. The van der Waals surface area contributed by atoms with Gasteiger partial charge in [0.2, 0.25) is 0 Å². The van der Waals surface area contributed by atoms with Crippen LogP contribution in [0.4, 0.5) is 4.39 Å². The maximum atomic E-state index is 12.2. The van der Waals surface area contributed by atoms with E-state index in [-0.39, 0.29) is 18.4 Å². The fourth-order valence-corrected chi connectivity index (χ4v) is 1.33. The molecule has 1 aromatic carbocycles. The van der Waals surface area contributed by atoms with Gasteiger partial charge in [-0.2, -0.15) is 0 Å². The van der Waals surface area contributed by atoms with E-state index in [0.29, 0.717) is 17.9 Å². The van der Waals surface area contributed by atoms with Gasteiger partial charge in [0.15, 0.2) is 0 Å². The molecule has 0 unspecified atom stereocenters. The Balaban J connectivity index is 0.00000225. The van der Waals surface area contributed by atoms with Crippen molar-refractivity contribution in [1.82, 2.24) is 0 Å². The average molecular weight is 250 g/mol. The van der Waals surface area contributed by atoms with E-state index in [1.54, 1.807) is 32.4 Å². The van der Waals surface area contributed by atoms with Gasteiger partial charge in [-0.25, -0.2) is 0 Å². The molecule has 1 rings (SSSR count). The van der Waals surface area contributed by atoms with Crippen LogP contribution in [0.5, 0.6) is 11.5 Å². The smallest absolute Gasteiger partial charge is 0.122 e. The molecule has 0 amide bonds. The molecule has 0 fully saturated rings. The summed E-state index contributed by atoms with van der Waals surface area (Å²) in [6.45, 7) is -0.430. The number of halogens is 2. The quantitative estimate of drug-likeness (QED) is 0.872. The Bertz CT molecular complexity index is 301. The van der Waals surface area contributed by atoms with Crippen molar-refractivity contribution in [3.8, 4) is 11.5 Å². The average Bonchev–Trinajstić information content (AvgIpc) is 2.28. The SMILES string of the molecule is COc1cc(OC)cc([C@@H](N)CCF)c1.Cl. The van der Waals surface area contributed by atoms with Gasteiger partial charge in [-0.3, -0.25) is 4.39 Å². The lowest BCUT2D eigenvalue weighted by atomic mass is 10.0. The Morgan fingerprint density at radius 1 is 1.19 bits per heavy atom. The monoisotopic (exact) mass is 249 g/mol. The van der Waals surface area contributed by atoms with Crippen LogP contribution < -0.4 is 15.2 Å². The van der Waals surface area contributed by atoms with Crippen LogP contribution in [0.3, 0.4) is 0 Å². The van der Waals surface area contributed by atoms with Crippen molar-refractivity contribution in [3.05, 3.63) is 23.8 Å². The molecule has 0 radical (unpaired) electrons. The van der Waals surface area contributed by atoms with E-state index in [1.165, 1.54) is 0 Å². The zero-order valence-electron chi connectivity index (χ0n) is 9.40. The fourth-order valence-electron chi connectivity index (χ4n) is 1.33. The van der Waals surface area contributed by atoms with Crippen molar-refractivity contribution in [1.29, 1.82) is 0 Å². The molecule has 5 heteroatoms. The Kier molecular flexibility index (Phi) is 6.85. The molecular formula is C11H17ClFNO2. The Morgan fingerprint density at radius 3 is 2.06 bits per heavy atom. The number of benzene rings is 1. The van der Waals surface area contributed by atoms with E-state index in [1.807, 2.05) is 0 Å². The Hall–Kier alpha value is -1.00. The van der Waals surface area contributed by atoms with Gasteiger partial charge in [0.05, 0.1) is 20.9 Å². The first-order chi connectivity index (χ1) is 7.21. The molecule has 2 N–H and O–H groups in total. The van der Waals surface area contributed by atoms with Crippen LogP contribution in [-0.4, -0.2) is 20.9 Å². The predicted molar refractivity (Wildman–Crippen MR) is 64.3 cm³/mol. The summed E-state index contributed by atoms with van der Waals surface area (Å²) >= 11 is 0. The second kappa shape index (κ2) is 7.30. The summed E-state index contributed by atoms with van der Waals surface area (Å²) in [6, 6.07) is 5.02. The minimum Gasteiger partial charge on any atom is -0.497 e. The fraction of sp³-hybridized carbons (Fsp3) is 0.455. The van der Waals surface area contributed by atoms with Crippen molar-refractivity contribution < 1.29 is 13.9 Å². The van der Waals surface area contributed by atoms with Gasteiger partial charge >= 0.3 is 0 Å². The van der Waals surface area contributed by atoms with Crippen molar-refractivity contribution in [3.63, 3.8) is 0 Å². The molecule has 16 heavy (non-hydrogen) atoms. The highest BCUT2D eigenvalue weighted by atomic mass is 35.5. The van der Waals surface area contributed by atoms with E-state index in [0.717, 1.165) is 5.56 Å². The largest absolute Gasteiger partial charge is 0.497 e. The van der Waals surface area contributed by atoms with Gasteiger partial charge in [-0.1, -0.05) is 0 Å². The Morgan fingerprint density at radius 2 is 1.69 bits per heavy atom. The predicted octanol–water partition coefficient (Wildman–Crippen LogP) is 2.49. The molecule has 0 heterocycles. The number of ether oxygens (including phenoxy) is 2. The normalized spacial score (nSPS) is 11.5. The van der Waals surface area contributed by atoms with Crippen LogP contribution >= 0.6 is 12.4 Å². The lowest BCUT2D eigenvalue weighted by molar-refractivity contribution is 0.390. The van der Waals surface area contributed by atoms with Crippen LogP contribution in [0, 0.1) is 0 Å². The van der Waals surface area contributed by atoms with Crippen molar-refractivity contribution in [2.75, 3.05) is 20.9 Å².